The minimum atomic E-state index is -0.0837. The maximum absolute atomic E-state index is 11.3. The molecule has 0 saturated heterocycles. The van der Waals surface area contributed by atoms with E-state index in [1.165, 1.54) is 0 Å². The molecule has 0 atom stereocenters. The lowest BCUT2D eigenvalue weighted by Gasteiger charge is -2.04. The largest absolute Gasteiger partial charge is 0.330 e. The maximum Gasteiger partial charge on any atom is 0.225 e. The standard InChI is InChI=1S/C12H13N3O/c13-6-5-12(16)15-10-7-9-3-1-2-4-11(9)14-8-10/h1-4,7-8H,5-6,13H2,(H,15,16). The topological polar surface area (TPSA) is 68.0 Å². The highest BCUT2D eigenvalue weighted by atomic mass is 16.1. The molecule has 0 aliphatic rings. The molecule has 0 aliphatic carbocycles. The van der Waals surface area contributed by atoms with E-state index < -0.39 is 0 Å². The molecule has 1 heterocycles. The molecule has 1 aromatic heterocycles. The van der Waals surface area contributed by atoms with E-state index in [0.717, 1.165) is 10.9 Å². The third-order valence-corrected chi connectivity index (χ3v) is 2.25. The number of carbonyl (C=O) groups is 1. The van der Waals surface area contributed by atoms with Crippen molar-refractivity contribution in [3.05, 3.63) is 36.5 Å². The predicted octanol–water partition coefficient (Wildman–Crippen LogP) is 1.52. The SMILES string of the molecule is NCCC(=O)Nc1cnc2ccccc2c1. The second-order valence-electron chi connectivity index (χ2n) is 3.50. The fraction of sp³-hybridized carbons (Fsp3) is 0.167. The van der Waals surface area contributed by atoms with Crippen LogP contribution in [0.3, 0.4) is 0 Å². The summed E-state index contributed by atoms with van der Waals surface area (Å²) in [4.78, 5) is 15.6. The Morgan fingerprint density at radius 1 is 1.38 bits per heavy atom. The highest BCUT2D eigenvalue weighted by Gasteiger charge is 2.01. The lowest BCUT2D eigenvalue weighted by molar-refractivity contribution is -0.116. The highest BCUT2D eigenvalue weighted by molar-refractivity contribution is 5.93. The van der Waals surface area contributed by atoms with Gasteiger partial charge in [0, 0.05) is 18.4 Å². The van der Waals surface area contributed by atoms with E-state index in [0.29, 0.717) is 18.7 Å². The number of rotatable bonds is 3. The van der Waals surface area contributed by atoms with Gasteiger partial charge in [0.1, 0.15) is 0 Å². The first-order valence-corrected chi connectivity index (χ1v) is 5.14. The molecule has 4 heteroatoms. The van der Waals surface area contributed by atoms with Crippen LogP contribution in [0, 0.1) is 0 Å². The normalized spacial score (nSPS) is 10.3. The number of hydrogen-bond acceptors (Lipinski definition) is 3. The zero-order valence-corrected chi connectivity index (χ0v) is 8.81. The van der Waals surface area contributed by atoms with Crippen LogP contribution < -0.4 is 11.1 Å². The number of fused-ring (bicyclic) bond motifs is 1. The van der Waals surface area contributed by atoms with Crippen LogP contribution in [0.4, 0.5) is 5.69 Å². The Balaban J connectivity index is 2.22. The van der Waals surface area contributed by atoms with Crippen molar-refractivity contribution < 1.29 is 4.79 Å². The first-order valence-electron chi connectivity index (χ1n) is 5.14. The molecule has 2 rings (SSSR count). The number of nitrogens with one attached hydrogen (secondary N) is 1. The van der Waals surface area contributed by atoms with Crippen molar-refractivity contribution in [3.63, 3.8) is 0 Å². The Kier molecular flexibility index (Phi) is 3.12. The molecule has 82 valence electrons. The van der Waals surface area contributed by atoms with Gasteiger partial charge in [-0.05, 0) is 12.1 Å². The summed E-state index contributed by atoms with van der Waals surface area (Å²) in [5.41, 5.74) is 6.92. The van der Waals surface area contributed by atoms with Gasteiger partial charge in [0.15, 0.2) is 0 Å². The molecule has 16 heavy (non-hydrogen) atoms. The number of benzene rings is 1. The Bertz CT molecular complexity index is 510. The van der Waals surface area contributed by atoms with Gasteiger partial charge in [0.05, 0.1) is 17.4 Å². The Morgan fingerprint density at radius 3 is 3.00 bits per heavy atom. The molecule has 0 fully saturated rings. The number of anilines is 1. The average Bonchev–Trinajstić information content (AvgIpc) is 2.29. The van der Waals surface area contributed by atoms with Gasteiger partial charge in [-0.2, -0.15) is 0 Å². The van der Waals surface area contributed by atoms with Crippen molar-refractivity contribution in [3.8, 4) is 0 Å². The van der Waals surface area contributed by atoms with Crippen molar-refractivity contribution in [1.82, 2.24) is 4.98 Å². The number of carbonyl (C=O) groups excluding carboxylic acids is 1. The molecule has 2 aromatic rings. The van der Waals surface area contributed by atoms with Crippen molar-refractivity contribution in [2.75, 3.05) is 11.9 Å². The summed E-state index contributed by atoms with van der Waals surface area (Å²) in [7, 11) is 0. The van der Waals surface area contributed by atoms with Crippen molar-refractivity contribution in [2.24, 2.45) is 5.73 Å². The van der Waals surface area contributed by atoms with Crippen LogP contribution in [0.25, 0.3) is 10.9 Å². The summed E-state index contributed by atoms with van der Waals surface area (Å²) in [5.74, 6) is -0.0837. The van der Waals surface area contributed by atoms with Gasteiger partial charge in [-0.3, -0.25) is 9.78 Å². The molecule has 3 N–H and O–H groups in total. The molecule has 0 unspecified atom stereocenters. The van der Waals surface area contributed by atoms with E-state index >= 15 is 0 Å². The Morgan fingerprint density at radius 2 is 2.19 bits per heavy atom. The first-order chi connectivity index (χ1) is 7.79. The third kappa shape index (κ3) is 2.35. The summed E-state index contributed by atoms with van der Waals surface area (Å²) in [6.45, 7) is 0.354. The number of hydrogen-bond donors (Lipinski definition) is 2. The molecule has 0 spiro atoms. The number of nitrogens with zero attached hydrogens (tertiary/aromatic N) is 1. The smallest absolute Gasteiger partial charge is 0.225 e. The van der Waals surface area contributed by atoms with E-state index in [9.17, 15) is 4.79 Å². The quantitative estimate of drug-likeness (QED) is 0.815. The minimum absolute atomic E-state index is 0.0837. The van der Waals surface area contributed by atoms with Crippen LogP contribution in [0.5, 0.6) is 0 Å². The summed E-state index contributed by atoms with van der Waals surface area (Å²) < 4.78 is 0. The molecule has 0 radical (unpaired) electrons. The van der Waals surface area contributed by atoms with Gasteiger partial charge >= 0.3 is 0 Å². The number of nitrogens with two attached hydrogens (primary N) is 1. The van der Waals surface area contributed by atoms with Crippen LogP contribution in [-0.4, -0.2) is 17.4 Å². The van der Waals surface area contributed by atoms with Crippen LogP contribution in [0.15, 0.2) is 36.5 Å². The number of pyridine rings is 1. The van der Waals surface area contributed by atoms with Gasteiger partial charge in [0.25, 0.3) is 0 Å². The van der Waals surface area contributed by atoms with Gasteiger partial charge in [-0.1, -0.05) is 18.2 Å². The molecule has 0 bridgehead atoms. The lowest BCUT2D eigenvalue weighted by atomic mass is 10.2. The van der Waals surface area contributed by atoms with E-state index in [4.69, 9.17) is 5.73 Å². The second kappa shape index (κ2) is 4.72. The molecule has 1 amide bonds. The number of para-hydroxylation sites is 1. The van der Waals surface area contributed by atoms with Gasteiger partial charge in [-0.25, -0.2) is 0 Å². The zero-order valence-electron chi connectivity index (χ0n) is 8.81. The predicted molar refractivity (Wildman–Crippen MR) is 64.0 cm³/mol. The van der Waals surface area contributed by atoms with E-state index in [2.05, 4.69) is 10.3 Å². The van der Waals surface area contributed by atoms with Crippen molar-refractivity contribution in [2.45, 2.75) is 6.42 Å². The number of aromatic nitrogens is 1. The second-order valence-corrected chi connectivity index (χ2v) is 3.50. The average molecular weight is 215 g/mol. The fourth-order valence-electron chi connectivity index (χ4n) is 1.49. The summed E-state index contributed by atoms with van der Waals surface area (Å²) >= 11 is 0. The van der Waals surface area contributed by atoms with E-state index in [1.807, 2.05) is 30.3 Å². The monoisotopic (exact) mass is 215 g/mol. The Labute approximate surface area is 93.5 Å². The summed E-state index contributed by atoms with van der Waals surface area (Å²) in [6, 6.07) is 9.66. The minimum Gasteiger partial charge on any atom is -0.330 e. The number of amides is 1. The van der Waals surface area contributed by atoms with Crippen LogP contribution in [0.1, 0.15) is 6.42 Å². The Hall–Kier alpha value is -1.94. The van der Waals surface area contributed by atoms with E-state index in [1.54, 1.807) is 6.20 Å². The molecule has 0 aliphatic heterocycles. The van der Waals surface area contributed by atoms with Gasteiger partial charge < -0.3 is 11.1 Å². The van der Waals surface area contributed by atoms with E-state index in [-0.39, 0.29) is 5.91 Å². The fourth-order valence-corrected chi connectivity index (χ4v) is 1.49. The summed E-state index contributed by atoms with van der Waals surface area (Å²) in [6.07, 6.45) is 1.98. The maximum atomic E-state index is 11.3. The van der Waals surface area contributed by atoms with Crippen molar-refractivity contribution >= 4 is 22.5 Å². The third-order valence-electron chi connectivity index (χ3n) is 2.25. The van der Waals surface area contributed by atoms with Crippen LogP contribution >= 0.6 is 0 Å². The van der Waals surface area contributed by atoms with Gasteiger partial charge in [-0.15, -0.1) is 0 Å². The molecule has 1 aromatic carbocycles. The lowest BCUT2D eigenvalue weighted by Crippen LogP contribution is -2.16. The van der Waals surface area contributed by atoms with Crippen LogP contribution in [-0.2, 0) is 4.79 Å². The van der Waals surface area contributed by atoms with Crippen LogP contribution in [0.2, 0.25) is 0 Å². The zero-order chi connectivity index (χ0) is 11.4. The molecular weight excluding hydrogens is 202 g/mol. The first kappa shape index (κ1) is 10.6. The van der Waals surface area contributed by atoms with Gasteiger partial charge in [0.2, 0.25) is 5.91 Å². The summed E-state index contributed by atoms with van der Waals surface area (Å²) in [5, 5.41) is 3.76. The highest BCUT2D eigenvalue weighted by Crippen LogP contribution is 2.15. The molecule has 4 nitrogen and oxygen atoms in total. The molecule has 0 saturated carbocycles. The van der Waals surface area contributed by atoms with Crippen molar-refractivity contribution in [1.29, 1.82) is 0 Å². The molecular formula is C12H13N3O.